The van der Waals surface area contributed by atoms with Crippen molar-refractivity contribution in [2.75, 3.05) is 14.1 Å². The molecule has 0 spiro atoms. The lowest BCUT2D eigenvalue weighted by Gasteiger charge is -2.23. The van der Waals surface area contributed by atoms with E-state index in [0.29, 0.717) is 18.0 Å². The first-order valence-corrected chi connectivity index (χ1v) is 12.9. The third-order valence-electron chi connectivity index (χ3n) is 5.92. The van der Waals surface area contributed by atoms with Crippen molar-refractivity contribution < 1.29 is 8.42 Å². The molecule has 0 unspecified atom stereocenters. The lowest BCUT2D eigenvalue weighted by Crippen LogP contribution is -2.26. The lowest BCUT2D eigenvalue weighted by molar-refractivity contribution is 0.402. The van der Waals surface area contributed by atoms with Crippen molar-refractivity contribution in [1.29, 1.82) is 0 Å². The molecule has 6 nitrogen and oxygen atoms in total. The first kappa shape index (κ1) is 24.4. The van der Waals surface area contributed by atoms with Gasteiger partial charge in [0.1, 0.15) is 5.82 Å². The Bertz CT molecular complexity index is 1150. The van der Waals surface area contributed by atoms with Gasteiger partial charge in [-0.3, -0.25) is 0 Å². The van der Waals surface area contributed by atoms with Crippen LogP contribution in [0.4, 0.5) is 0 Å². The second-order valence-corrected chi connectivity index (χ2v) is 11.0. The third-order valence-corrected chi connectivity index (χ3v) is 7.73. The summed E-state index contributed by atoms with van der Waals surface area (Å²) in [4.78, 5) is 5.06. The van der Waals surface area contributed by atoms with Crippen molar-refractivity contribution in [2.24, 2.45) is 5.92 Å². The van der Waals surface area contributed by atoms with E-state index < -0.39 is 10.0 Å². The summed E-state index contributed by atoms with van der Waals surface area (Å²) in [5, 5.41) is 3.69. The Labute approximate surface area is 192 Å². The predicted molar refractivity (Wildman–Crippen MR) is 131 cm³/mol. The second kappa shape index (κ2) is 10.1. The van der Waals surface area contributed by atoms with Gasteiger partial charge in [-0.05, 0) is 48.6 Å². The zero-order valence-corrected chi connectivity index (χ0v) is 20.9. The molecule has 0 saturated carbocycles. The van der Waals surface area contributed by atoms with Crippen LogP contribution in [-0.2, 0) is 29.5 Å². The van der Waals surface area contributed by atoms with Gasteiger partial charge in [-0.15, -0.1) is 0 Å². The zero-order valence-electron chi connectivity index (χ0n) is 20.1. The molecule has 2 aromatic carbocycles. The van der Waals surface area contributed by atoms with E-state index in [1.54, 1.807) is 26.2 Å². The number of imidazole rings is 1. The van der Waals surface area contributed by atoms with Crippen LogP contribution in [0.5, 0.6) is 0 Å². The molecule has 1 heterocycles. The molecular weight excluding hydrogens is 420 g/mol. The number of rotatable bonds is 10. The number of aromatic nitrogens is 2. The molecule has 0 aliphatic heterocycles. The van der Waals surface area contributed by atoms with E-state index in [4.69, 9.17) is 4.98 Å². The summed E-state index contributed by atoms with van der Waals surface area (Å²) in [6.45, 7) is 10.1. The van der Waals surface area contributed by atoms with E-state index in [1.807, 2.05) is 6.07 Å². The van der Waals surface area contributed by atoms with Gasteiger partial charge < -0.3 is 9.88 Å². The van der Waals surface area contributed by atoms with Crippen LogP contribution in [0.25, 0.3) is 11.0 Å². The first-order chi connectivity index (χ1) is 15.2. The van der Waals surface area contributed by atoms with Gasteiger partial charge in [0.25, 0.3) is 0 Å². The molecule has 32 heavy (non-hydrogen) atoms. The highest BCUT2D eigenvalue weighted by molar-refractivity contribution is 7.89. The second-order valence-electron chi connectivity index (χ2n) is 8.80. The molecule has 7 heteroatoms. The van der Waals surface area contributed by atoms with Crippen molar-refractivity contribution in [3.8, 4) is 0 Å². The van der Waals surface area contributed by atoms with Crippen molar-refractivity contribution in [3.05, 3.63) is 59.4 Å². The maximum Gasteiger partial charge on any atom is 0.242 e. The summed E-state index contributed by atoms with van der Waals surface area (Å²) >= 11 is 0. The van der Waals surface area contributed by atoms with Crippen LogP contribution in [0, 0.1) is 5.92 Å². The standard InChI is InChI=1S/C25H36N4O2S/c1-7-9-19-10-12-20(13-11-19)25(18(3)4)26-17-24-27-22-16-21(32(30,31)28(5)6)14-15-23(22)29(24)8-2/h10-16,18,25-26H,7-9,17H2,1-6H3/t25-/m0/s1. The Morgan fingerprint density at radius 1 is 1.06 bits per heavy atom. The molecule has 1 atom stereocenters. The first-order valence-electron chi connectivity index (χ1n) is 11.4. The average Bonchev–Trinajstić information content (AvgIpc) is 3.11. The van der Waals surface area contributed by atoms with Gasteiger partial charge in [0, 0.05) is 26.7 Å². The van der Waals surface area contributed by atoms with Crippen LogP contribution < -0.4 is 5.32 Å². The summed E-state index contributed by atoms with van der Waals surface area (Å²) in [5.74, 6) is 1.33. The molecule has 0 amide bonds. The molecule has 3 aromatic rings. The van der Waals surface area contributed by atoms with Crippen LogP contribution >= 0.6 is 0 Å². The van der Waals surface area contributed by atoms with Gasteiger partial charge in [-0.1, -0.05) is 51.5 Å². The quantitative estimate of drug-likeness (QED) is 0.478. The van der Waals surface area contributed by atoms with Crippen molar-refractivity contribution in [3.63, 3.8) is 0 Å². The molecule has 0 fully saturated rings. The maximum atomic E-state index is 12.5. The molecule has 174 valence electrons. The van der Waals surface area contributed by atoms with E-state index in [-0.39, 0.29) is 10.9 Å². The van der Waals surface area contributed by atoms with Crippen LogP contribution in [0.2, 0.25) is 0 Å². The van der Waals surface area contributed by atoms with E-state index in [0.717, 1.165) is 30.7 Å². The van der Waals surface area contributed by atoms with Crippen molar-refractivity contribution in [1.82, 2.24) is 19.2 Å². The van der Waals surface area contributed by atoms with E-state index >= 15 is 0 Å². The number of fused-ring (bicyclic) bond motifs is 1. The van der Waals surface area contributed by atoms with E-state index in [2.05, 4.69) is 61.8 Å². The van der Waals surface area contributed by atoms with Crippen molar-refractivity contribution >= 4 is 21.1 Å². The van der Waals surface area contributed by atoms with E-state index in [1.165, 1.54) is 15.4 Å². The van der Waals surface area contributed by atoms with Gasteiger partial charge in [0.2, 0.25) is 10.0 Å². The monoisotopic (exact) mass is 456 g/mol. The number of nitrogens with one attached hydrogen (secondary N) is 1. The number of hydrogen-bond donors (Lipinski definition) is 1. The molecule has 0 radical (unpaired) electrons. The van der Waals surface area contributed by atoms with Crippen LogP contribution in [0.15, 0.2) is 47.4 Å². The number of hydrogen-bond acceptors (Lipinski definition) is 4. The molecule has 0 aliphatic carbocycles. The van der Waals surface area contributed by atoms with Crippen LogP contribution in [0.3, 0.4) is 0 Å². The van der Waals surface area contributed by atoms with Crippen LogP contribution in [0.1, 0.15) is 57.1 Å². The summed E-state index contributed by atoms with van der Waals surface area (Å²) < 4.78 is 28.4. The highest BCUT2D eigenvalue weighted by Gasteiger charge is 2.21. The largest absolute Gasteiger partial charge is 0.327 e. The molecule has 0 aliphatic rings. The fraction of sp³-hybridized carbons (Fsp3) is 0.480. The minimum atomic E-state index is -3.49. The minimum Gasteiger partial charge on any atom is -0.327 e. The smallest absolute Gasteiger partial charge is 0.242 e. The Morgan fingerprint density at radius 3 is 2.31 bits per heavy atom. The Morgan fingerprint density at radius 2 is 1.75 bits per heavy atom. The Hall–Kier alpha value is -2.22. The summed E-state index contributed by atoms with van der Waals surface area (Å²) in [6, 6.07) is 14.3. The molecule has 1 N–H and O–H groups in total. The average molecular weight is 457 g/mol. The molecule has 1 aromatic heterocycles. The molecule has 0 saturated heterocycles. The third kappa shape index (κ3) is 5.05. The van der Waals surface area contributed by atoms with Gasteiger partial charge in [0.05, 0.1) is 22.5 Å². The predicted octanol–water partition coefficient (Wildman–Crippen LogP) is 4.75. The molecule has 0 bridgehead atoms. The zero-order chi connectivity index (χ0) is 23.5. The highest BCUT2D eigenvalue weighted by Crippen LogP contribution is 2.25. The van der Waals surface area contributed by atoms with Gasteiger partial charge in [-0.2, -0.15) is 0 Å². The number of aryl methyl sites for hydroxylation is 2. The molecular formula is C25H36N4O2S. The number of benzene rings is 2. The van der Waals surface area contributed by atoms with E-state index in [9.17, 15) is 8.42 Å². The topological polar surface area (TPSA) is 67.2 Å². The Kier molecular flexibility index (Phi) is 7.75. The SMILES string of the molecule is CCCc1ccc([C@@H](NCc2nc3cc(S(=O)(=O)N(C)C)ccc3n2CC)C(C)C)cc1. The van der Waals surface area contributed by atoms with Gasteiger partial charge in [-0.25, -0.2) is 17.7 Å². The Balaban J connectivity index is 1.88. The normalized spacial score (nSPS) is 13.4. The lowest BCUT2D eigenvalue weighted by atomic mass is 9.94. The fourth-order valence-corrected chi connectivity index (χ4v) is 5.06. The minimum absolute atomic E-state index is 0.209. The van der Waals surface area contributed by atoms with Crippen molar-refractivity contribution in [2.45, 2.75) is 64.6 Å². The van der Waals surface area contributed by atoms with Gasteiger partial charge >= 0.3 is 0 Å². The maximum absolute atomic E-state index is 12.5. The highest BCUT2D eigenvalue weighted by atomic mass is 32.2. The number of sulfonamides is 1. The summed E-state index contributed by atoms with van der Waals surface area (Å²) in [5.41, 5.74) is 4.30. The number of nitrogens with zero attached hydrogens (tertiary/aromatic N) is 3. The molecule has 3 rings (SSSR count). The fourth-order valence-electron chi connectivity index (χ4n) is 4.14. The summed E-state index contributed by atoms with van der Waals surface area (Å²) in [6.07, 6.45) is 2.25. The summed E-state index contributed by atoms with van der Waals surface area (Å²) in [7, 11) is -0.407. The van der Waals surface area contributed by atoms with Gasteiger partial charge in [0.15, 0.2) is 0 Å². The van der Waals surface area contributed by atoms with Crippen LogP contribution in [-0.4, -0.2) is 36.4 Å².